The average molecular weight is 791 g/mol. The van der Waals surface area contributed by atoms with E-state index in [4.69, 9.17) is 286 Å². The fourth-order valence-corrected chi connectivity index (χ4v) is 12.8. The molecule has 0 aliphatic rings. The third-order valence-electron chi connectivity index (χ3n) is 15.3. The first-order valence-corrected chi connectivity index (χ1v) is 24.0. The Morgan fingerprint density at radius 3 is 0.425 bits per heavy atom. The van der Waals surface area contributed by atoms with E-state index in [0.29, 0.717) is 0 Å². The van der Waals surface area contributed by atoms with Crippen molar-refractivity contribution in [2.75, 3.05) is 0 Å². The van der Waals surface area contributed by atoms with Crippen LogP contribution in [-0.4, -0.2) is 511 Å². The second-order valence-corrected chi connectivity index (χ2v) is 20.4. The van der Waals surface area contributed by atoms with E-state index in [1.54, 1.807) is 0 Å². The molecule has 0 rings (SSSR count). The Morgan fingerprint density at radius 2 is 0.301 bits per heavy atom. The van der Waals surface area contributed by atoms with Crippen LogP contribution in [0.15, 0.2) is 0 Å². The highest BCUT2D eigenvalue weighted by molar-refractivity contribution is 8.28. The van der Waals surface area contributed by atoms with Gasteiger partial charge in [0.05, 0.1) is 0 Å². The summed E-state index contributed by atoms with van der Waals surface area (Å²) in [6, 6.07) is 0. The van der Waals surface area contributed by atoms with Crippen molar-refractivity contribution in [2.24, 2.45) is 0 Å². The van der Waals surface area contributed by atoms with Gasteiger partial charge in [-0.05, 0) is 0 Å². The van der Waals surface area contributed by atoms with Crippen LogP contribution in [0.3, 0.4) is 0 Å². The van der Waals surface area contributed by atoms with E-state index in [9.17, 15) is 0 Å². The van der Waals surface area contributed by atoms with E-state index in [-0.39, 0.29) is 0 Å². The maximum absolute atomic E-state index is 7.02. The lowest BCUT2D eigenvalue weighted by Crippen LogP contribution is -2.93. The van der Waals surface area contributed by atoms with Gasteiger partial charge >= 0.3 is 0 Å². The molecule has 0 aliphatic heterocycles. The van der Waals surface area contributed by atoms with Crippen molar-refractivity contribution in [1.29, 1.82) is 0 Å². The summed E-state index contributed by atoms with van der Waals surface area (Å²) in [7, 11) is 252. The Balaban J connectivity index is 12.0. The van der Waals surface area contributed by atoms with Crippen molar-refractivity contribution in [2.45, 2.75) is 5.62 Å². The summed E-state index contributed by atoms with van der Waals surface area (Å²) in [5, 5.41) is 0. The average Bonchev–Trinajstić information content (AvgIpc) is 3.17. The maximum Gasteiger partial charge on any atom is 0.0294 e. The topological polar surface area (TPSA) is 0 Å². The molecule has 0 fully saturated rings. The van der Waals surface area contributed by atoms with Gasteiger partial charge in [-0.1, -0.05) is 0 Å². The summed E-state index contributed by atoms with van der Waals surface area (Å²) >= 11 is 0. The molecule has 0 nitrogen and oxygen atoms in total. The smallest absolute Gasteiger partial charge is 0.0294 e. The first-order chi connectivity index (χ1) is 33.2. The minimum atomic E-state index is -1.76. The van der Waals surface area contributed by atoms with Crippen LogP contribution in [0.4, 0.5) is 0 Å². The molecule has 0 aliphatic carbocycles. The van der Waals surface area contributed by atoms with E-state index >= 15 is 0 Å². The molecule has 0 saturated heterocycles. The molecule has 0 aromatic heterocycles. The molecule has 0 bridgehead atoms. The summed E-state index contributed by atoms with van der Waals surface area (Å²) in [5.41, 5.74) is -1.76. The molecule has 221 valence electrons. The minimum Gasteiger partial charge on any atom is -0.146 e. The Kier molecular flexibility index (Phi) is 38.1. The number of rotatable bonds is 35. The summed E-state index contributed by atoms with van der Waals surface area (Å²) in [4.78, 5) is 0. The van der Waals surface area contributed by atoms with Gasteiger partial charge < -0.3 is 0 Å². The summed E-state index contributed by atoms with van der Waals surface area (Å²) in [6.45, 7) is -5.05. The number of hydrogen-bond acceptors (Lipinski definition) is 0. The standard InChI is InChI=1S/CHB72/c2-39-61(43(3)4)64(48(13)14)41(65(68(49(15)16)50(17)18)69(51(19)20)52(21)22)1(40(62(44(5)6)45(7)8)63(46(9)10)47(11)12)42(66(70(53(23)24)54(25)26)71(55(27)28)56(29)30)67(72(57(31)32)58(33)34)73(59(35)36)60(37)38/h1H. The third kappa shape index (κ3) is 21.0. The van der Waals surface area contributed by atoms with E-state index in [1.807, 2.05) is 0 Å². The molecule has 1 unspecified atom stereocenters. The van der Waals surface area contributed by atoms with Crippen molar-refractivity contribution in [3.63, 3.8) is 0 Å². The molecular formula is CHB72. The normalized spacial score (nSPS) is 10.2. The first kappa shape index (κ1) is 77.7. The van der Waals surface area contributed by atoms with Gasteiger partial charge in [0, 0.05) is 511 Å². The zero-order valence-electron chi connectivity index (χ0n) is 42.1. The van der Waals surface area contributed by atoms with Crippen molar-refractivity contribution in [3.05, 3.63) is 0 Å². The summed E-state index contributed by atoms with van der Waals surface area (Å²) < 4.78 is 0. The zero-order chi connectivity index (χ0) is 57.9. The minimum absolute atomic E-state index is 1.11. The lowest BCUT2D eigenvalue weighted by atomic mass is 8.29. The van der Waals surface area contributed by atoms with Crippen molar-refractivity contribution in [1.82, 2.24) is 0 Å². The molecule has 0 saturated carbocycles. The van der Waals surface area contributed by atoms with E-state index in [1.165, 1.54) is 0 Å². The Morgan fingerprint density at radius 1 is 0.164 bits per heavy atom. The second kappa shape index (κ2) is 35.8. The van der Waals surface area contributed by atoms with Gasteiger partial charge in [0.15, 0.2) is 0 Å². The Labute approximate surface area is 511 Å². The van der Waals surface area contributed by atoms with Gasteiger partial charge in [-0.3, -0.25) is 0 Å². The van der Waals surface area contributed by atoms with E-state index < -0.39 is 223 Å². The second-order valence-electron chi connectivity index (χ2n) is 20.4. The van der Waals surface area contributed by atoms with Crippen LogP contribution in [0.5, 0.6) is 0 Å². The van der Waals surface area contributed by atoms with Gasteiger partial charge in [-0.15, -0.1) is 5.62 Å². The van der Waals surface area contributed by atoms with Crippen LogP contribution in [0, 0.1) is 0 Å². The van der Waals surface area contributed by atoms with Crippen molar-refractivity contribution in [3.8, 4) is 0 Å². The van der Waals surface area contributed by atoms with Gasteiger partial charge in [-0.2, -0.15) is 0 Å². The van der Waals surface area contributed by atoms with Crippen LogP contribution >= 0.6 is 0 Å². The zero-order valence-corrected chi connectivity index (χ0v) is 42.1. The predicted molar refractivity (Wildman–Crippen MR) is 418 cm³/mol. The SMILES string of the molecule is [B][B]B(B([B])[B])B(B([B])[B])B(B(B(B([B])[B])B([B])[B])B(B([B])[B])B([B])[B])C(B(B(B([B])[B])B([B])[B])B(B([B])[B])B([B])[B])B(B(B(B([B])[B])B([B])[B])B(B([B])[B])B([B])[B])B(B(B([B])[B])B([B])[B])B(B([B])[B])B([B])[B]. The molecule has 1 atom stereocenters. The van der Waals surface area contributed by atoms with Crippen LogP contribution in [0.2, 0.25) is 5.62 Å². The molecule has 0 aromatic carbocycles. The molecule has 0 N–H and O–H groups in total. The fourth-order valence-electron chi connectivity index (χ4n) is 12.8. The molecule has 0 amide bonds. The Hall–Kier alpha value is 4.68. The quantitative estimate of drug-likeness (QED) is 0.0561. The molecule has 0 aromatic rings. The number of hydrogen-bond donors (Lipinski definition) is 0. The fraction of sp³-hybridized carbons (Fsp3) is 1.00. The van der Waals surface area contributed by atoms with Crippen molar-refractivity contribution >= 4 is 511 Å². The van der Waals surface area contributed by atoms with Crippen LogP contribution in [-0.2, 0) is 0 Å². The molecule has 73 heavy (non-hydrogen) atoms. The van der Waals surface area contributed by atoms with E-state index in [0.717, 1.165) is 7.06 Å². The molecular weight excluding hydrogens is 790 g/mol. The maximum atomic E-state index is 7.02. The van der Waals surface area contributed by atoms with Gasteiger partial charge in [0.25, 0.3) is 0 Å². The molecule has 0 spiro atoms. The van der Waals surface area contributed by atoms with Crippen LogP contribution < -0.4 is 0 Å². The Bertz CT molecular complexity index is 1210. The van der Waals surface area contributed by atoms with Gasteiger partial charge in [-0.25, -0.2) is 0 Å². The van der Waals surface area contributed by atoms with E-state index in [2.05, 4.69) is 0 Å². The third-order valence-corrected chi connectivity index (χ3v) is 15.3. The largest absolute Gasteiger partial charge is 0.146 e. The van der Waals surface area contributed by atoms with Crippen LogP contribution in [0.1, 0.15) is 0 Å². The van der Waals surface area contributed by atoms with Crippen LogP contribution in [0.25, 0.3) is 0 Å². The highest BCUT2D eigenvalue weighted by Crippen LogP contribution is 2.35. The first-order valence-electron chi connectivity index (χ1n) is 24.0. The lowest BCUT2D eigenvalue weighted by molar-refractivity contribution is 1.80. The van der Waals surface area contributed by atoms with Crippen molar-refractivity contribution < 1.29 is 0 Å². The van der Waals surface area contributed by atoms with Gasteiger partial charge in [0.2, 0.25) is 0 Å². The summed E-state index contributed by atoms with van der Waals surface area (Å²) in [5.74, 6) is 0. The molecule has 75 radical (unpaired) electrons. The highest BCUT2D eigenvalue weighted by atomic mass is 13.7. The predicted octanol–water partition coefficient (Wildman–Crippen LogP) is -27.1. The lowest BCUT2D eigenvalue weighted by Gasteiger charge is -2.61. The van der Waals surface area contributed by atoms with Gasteiger partial charge in [0.1, 0.15) is 0 Å². The molecule has 0 heterocycles. The summed E-state index contributed by atoms with van der Waals surface area (Å²) in [6.07, 6.45) is -48.3. The highest BCUT2D eigenvalue weighted by Gasteiger charge is 2.64. The monoisotopic (exact) mass is 806 g/mol. The molecule has 72 heteroatoms.